The molecule has 2 unspecified atom stereocenters. The van der Waals surface area contributed by atoms with E-state index in [-0.39, 0.29) is 0 Å². The van der Waals surface area contributed by atoms with E-state index in [9.17, 15) is 0 Å². The Morgan fingerprint density at radius 3 is 1.06 bits per heavy atom. The van der Waals surface area contributed by atoms with Crippen LogP contribution in [0.25, 0.3) is 0 Å². The fourth-order valence-corrected chi connectivity index (χ4v) is 21.6. The van der Waals surface area contributed by atoms with Crippen molar-refractivity contribution in [1.82, 2.24) is 0 Å². The molecule has 0 aromatic rings. The fraction of sp³-hybridized carbons (Fsp3) is 1.00. The van der Waals surface area contributed by atoms with Gasteiger partial charge in [-0.15, -0.1) is 0 Å². The second kappa shape index (κ2) is 26.5. The fourth-order valence-electron chi connectivity index (χ4n) is 3.97. The van der Waals surface area contributed by atoms with E-state index in [1.165, 1.54) is 101 Å². The van der Waals surface area contributed by atoms with Crippen LogP contribution in [0.5, 0.6) is 0 Å². The van der Waals surface area contributed by atoms with Crippen LogP contribution in [0.1, 0.15) is 119 Å². The highest BCUT2D eigenvalue weighted by atomic mass is 33.5. The highest BCUT2D eigenvalue weighted by molar-refractivity contribution is 9.09. The summed E-state index contributed by atoms with van der Waals surface area (Å²) >= 11 is 0. The van der Waals surface area contributed by atoms with Gasteiger partial charge >= 0.3 is 0 Å². The Kier molecular flexibility index (Phi) is 27.6. The molecule has 0 radical (unpaired) electrons. The summed E-state index contributed by atoms with van der Waals surface area (Å²) in [6, 6.07) is 5.80. The minimum atomic E-state index is -0.901. The first kappa shape index (κ1) is 34.4. The van der Waals surface area contributed by atoms with E-state index in [1.807, 2.05) is 9.83 Å². The van der Waals surface area contributed by atoms with E-state index in [0.717, 1.165) is 13.2 Å². The normalized spacial score (nSPS) is 13.8. The van der Waals surface area contributed by atoms with Gasteiger partial charge < -0.3 is 9.47 Å². The van der Waals surface area contributed by atoms with Gasteiger partial charge in [0.1, 0.15) is 0 Å². The molecule has 0 bridgehead atoms. The molecule has 0 aromatic carbocycles. The SMILES string of the molecule is CCCCOC(SSSC(OCCCC)[SiH](CCCC)CCCC)[SiH](CCCC)CCCC. The predicted molar refractivity (Wildman–Crippen MR) is 165 cm³/mol. The second-order valence-electron chi connectivity index (χ2n) is 9.54. The molecule has 0 heterocycles. The molecule has 200 valence electrons. The van der Waals surface area contributed by atoms with Gasteiger partial charge in [-0.3, -0.25) is 0 Å². The van der Waals surface area contributed by atoms with Crippen molar-refractivity contribution < 1.29 is 9.47 Å². The van der Waals surface area contributed by atoms with E-state index >= 15 is 0 Å². The topological polar surface area (TPSA) is 18.5 Å². The number of hydrogen-bond donors (Lipinski definition) is 0. The molecule has 0 aliphatic heterocycles. The summed E-state index contributed by atoms with van der Waals surface area (Å²) in [5.74, 6) is 0. The lowest BCUT2D eigenvalue weighted by molar-refractivity contribution is 0.150. The van der Waals surface area contributed by atoms with Crippen molar-refractivity contribution >= 4 is 49.0 Å². The molecule has 7 heteroatoms. The highest BCUT2D eigenvalue weighted by Crippen LogP contribution is 2.44. The zero-order valence-corrected chi connectivity index (χ0v) is 27.8. The zero-order chi connectivity index (χ0) is 24.6. The summed E-state index contributed by atoms with van der Waals surface area (Å²) in [6.45, 7) is 15.8. The summed E-state index contributed by atoms with van der Waals surface area (Å²) < 4.78 is 13.1. The minimum Gasteiger partial charge on any atom is -0.371 e. The summed E-state index contributed by atoms with van der Waals surface area (Å²) in [7, 11) is 4.38. The molecule has 2 atom stereocenters. The van der Waals surface area contributed by atoms with Gasteiger partial charge in [0.25, 0.3) is 0 Å². The number of rotatable bonds is 26. The Morgan fingerprint density at radius 2 is 0.788 bits per heavy atom. The lowest BCUT2D eigenvalue weighted by Crippen LogP contribution is -2.31. The predicted octanol–water partition coefficient (Wildman–Crippen LogP) is 10.0. The monoisotopic (exact) mass is 554 g/mol. The molecule has 0 aliphatic carbocycles. The van der Waals surface area contributed by atoms with Crippen LogP contribution < -0.4 is 0 Å². The Balaban J connectivity index is 5.12. The van der Waals surface area contributed by atoms with Crippen molar-refractivity contribution in [1.29, 1.82) is 0 Å². The van der Waals surface area contributed by atoms with Crippen LogP contribution in [0, 0.1) is 0 Å². The average Bonchev–Trinajstić information content (AvgIpc) is 2.83. The smallest absolute Gasteiger partial charge is 0.0987 e. The molecule has 0 aromatic heterocycles. The van der Waals surface area contributed by atoms with E-state index in [1.54, 1.807) is 0 Å². The van der Waals surface area contributed by atoms with Crippen LogP contribution in [0.4, 0.5) is 0 Å². The maximum absolute atomic E-state index is 6.57. The number of unbranched alkanes of at least 4 members (excludes halogenated alkanes) is 6. The third-order valence-electron chi connectivity index (χ3n) is 6.31. The van der Waals surface area contributed by atoms with Crippen molar-refractivity contribution in [3.8, 4) is 0 Å². The summed E-state index contributed by atoms with van der Waals surface area (Å²) in [5.41, 5.74) is 0. The molecule has 0 amide bonds. The van der Waals surface area contributed by atoms with E-state index in [4.69, 9.17) is 9.47 Å². The molecular weight excluding hydrogens is 497 g/mol. The van der Waals surface area contributed by atoms with Gasteiger partial charge in [0.2, 0.25) is 0 Å². The first-order valence-electron chi connectivity index (χ1n) is 14.4. The molecule has 0 aliphatic rings. The van der Waals surface area contributed by atoms with Crippen LogP contribution in [-0.4, -0.2) is 40.9 Å². The van der Waals surface area contributed by atoms with Gasteiger partial charge in [0, 0.05) is 13.2 Å². The molecule has 0 N–H and O–H groups in total. The Bertz CT molecular complexity index is 345. The van der Waals surface area contributed by atoms with Gasteiger partial charge in [0.05, 0.1) is 27.7 Å². The molecule has 0 saturated carbocycles. The van der Waals surface area contributed by atoms with Gasteiger partial charge in [-0.2, -0.15) is 0 Å². The van der Waals surface area contributed by atoms with Crippen LogP contribution in [0.15, 0.2) is 0 Å². The third kappa shape index (κ3) is 19.2. The van der Waals surface area contributed by atoms with E-state index in [0.29, 0.717) is 10.1 Å². The Labute approximate surface area is 223 Å². The quantitative estimate of drug-likeness (QED) is 0.0457. The average molecular weight is 555 g/mol. The number of hydrogen-bond acceptors (Lipinski definition) is 5. The van der Waals surface area contributed by atoms with Gasteiger partial charge in [-0.1, -0.05) is 152 Å². The molecule has 0 spiro atoms. The first-order chi connectivity index (χ1) is 16.2. The first-order valence-corrected chi connectivity index (χ1v) is 22.6. The summed E-state index contributed by atoms with van der Waals surface area (Å²) in [5, 5.41) is 0.935. The molecular formula is C26H58O2S3Si2. The lowest BCUT2D eigenvalue weighted by atomic mass is 10.4. The van der Waals surface area contributed by atoms with Crippen LogP contribution in [0.3, 0.4) is 0 Å². The van der Waals surface area contributed by atoms with E-state index < -0.39 is 17.6 Å². The molecule has 0 fully saturated rings. The maximum Gasteiger partial charge on any atom is 0.0987 e. The molecule has 2 nitrogen and oxygen atoms in total. The maximum atomic E-state index is 6.57. The van der Waals surface area contributed by atoms with Crippen LogP contribution >= 0.6 is 31.4 Å². The molecule has 0 saturated heterocycles. The van der Waals surface area contributed by atoms with Crippen molar-refractivity contribution in [3.63, 3.8) is 0 Å². The van der Waals surface area contributed by atoms with Crippen molar-refractivity contribution in [2.24, 2.45) is 0 Å². The van der Waals surface area contributed by atoms with E-state index in [2.05, 4.69) is 63.1 Å². The van der Waals surface area contributed by atoms with Crippen LogP contribution in [-0.2, 0) is 9.47 Å². The second-order valence-corrected chi connectivity index (χ2v) is 21.3. The lowest BCUT2D eigenvalue weighted by Gasteiger charge is -2.28. The number of ether oxygens (including phenoxy) is 2. The summed E-state index contributed by atoms with van der Waals surface area (Å²) in [6.07, 6.45) is 15.7. The van der Waals surface area contributed by atoms with Crippen LogP contribution in [0.2, 0.25) is 24.2 Å². The third-order valence-corrected chi connectivity index (χ3v) is 21.0. The minimum absolute atomic E-state index is 0.467. The van der Waals surface area contributed by atoms with Crippen molar-refractivity contribution in [2.45, 2.75) is 153 Å². The summed E-state index contributed by atoms with van der Waals surface area (Å²) in [4.78, 5) is 0. The highest BCUT2D eigenvalue weighted by Gasteiger charge is 2.28. The largest absolute Gasteiger partial charge is 0.371 e. The molecule has 33 heavy (non-hydrogen) atoms. The van der Waals surface area contributed by atoms with Gasteiger partial charge in [-0.25, -0.2) is 0 Å². The molecule has 0 rings (SSSR count). The van der Waals surface area contributed by atoms with Gasteiger partial charge in [0.15, 0.2) is 0 Å². The van der Waals surface area contributed by atoms with Gasteiger partial charge in [-0.05, 0) is 22.7 Å². The Hall–Kier alpha value is 1.40. The zero-order valence-electron chi connectivity index (χ0n) is 23.1. The van der Waals surface area contributed by atoms with Crippen molar-refractivity contribution in [2.75, 3.05) is 13.2 Å². The van der Waals surface area contributed by atoms with Crippen molar-refractivity contribution in [3.05, 3.63) is 0 Å². The Morgan fingerprint density at radius 1 is 0.485 bits per heavy atom. The standard InChI is InChI=1S/C26H58O2S3Si2/c1-7-13-19-27-25(32(21-15-9-3)22-16-10-4)29-31-30-26(28-20-14-8-2)33(23-17-11-5)24-18-12-6/h25-26,32-33H,7-24H2,1-6H3.